The Hall–Kier alpha value is -4.13. The molecule has 3 rings (SSSR count). The van der Waals surface area contributed by atoms with E-state index in [4.69, 9.17) is 0 Å². The van der Waals surface area contributed by atoms with Gasteiger partial charge in [0, 0.05) is 16.9 Å². The lowest BCUT2D eigenvalue weighted by molar-refractivity contribution is -0.122. The van der Waals surface area contributed by atoms with Gasteiger partial charge < -0.3 is 16.0 Å². The van der Waals surface area contributed by atoms with E-state index in [2.05, 4.69) is 16.0 Å². The average molecular weight is 473 g/mol. The smallest absolute Gasteiger partial charge is 0.319 e. The normalized spacial score (nSPS) is 10.9. The molecule has 7 heteroatoms. The molecule has 0 fully saturated rings. The van der Waals surface area contributed by atoms with Crippen molar-refractivity contribution in [3.8, 4) is 0 Å². The minimum Gasteiger partial charge on any atom is -0.351 e. The number of hydrogen-bond donors (Lipinski definition) is 3. The van der Waals surface area contributed by atoms with E-state index in [1.54, 1.807) is 12.1 Å². The number of aryl methyl sites for hydroxylation is 1. The highest BCUT2D eigenvalue weighted by atomic mass is 16.2. The van der Waals surface area contributed by atoms with Crippen LogP contribution in [-0.4, -0.2) is 29.9 Å². The number of hydrogen-bond acceptors (Lipinski definition) is 3. The molecule has 7 nitrogen and oxygen atoms in total. The number of benzene rings is 3. The van der Waals surface area contributed by atoms with Gasteiger partial charge in [0.05, 0.1) is 18.7 Å². The van der Waals surface area contributed by atoms with Gasteiger partial charge in [0.25, 0.3) is 5.91 Å². The molecule has 0 radical (unpaired) electrons. The molecule has 0 spiro atoms. The lowest BCUT2D eigenvalue weighted by atomic mass is 10.0. The summed E-state index contributed by atoms with van der Waals surface area (Å²) in [6.07, 6.45) is 0.116. The van der Waals surface area contributed by atoms with Crippen molar-refractivity contribution in [3.63, 3.8) is 0 Å². The Morgan fingerprint density at radius 1 is 0.857 bits per heavy atom. The molecule has 0 saturated carbocycles. The highest BCUT2D eigenvalue weighted by molar-refractivity contribution is 6.04. The molecule has 0 saturated heterocycles. The van der Waals surface area contributed by atoms with Gasteiger partial charge in [0.15, 0.2) is 0 Å². The number of anilines is 3. The Kier molecular flexibility index (Phi) is 8.25. The van der Waals surface area contributed by atoms with Gasteiger partial charge in [-0.3, -0.25) is 14.5 Å². The molecule has 0 unspecified atom stereocenters. The van der Waals surface area contributed by atoms with Gasteiger partial charge in [-0.05, 0) is 69.2 Å². The van der Waals surface area contributed by atoms with Gasteiger partial charge in [-0.15, -0.1) is 0 Å². The highest BCUT2D eigenvalue weighted by Gasteiger charge is 2.23. The summed E-state index contributed by atoms with van der Waals surface area (Å²) < 4.78 is 0. The van der Waals surface area contributed by atoms with Crippen LogP contribution in [0.3, 0.4) is 0 Å². The lowest BCUT2D eigenvalue weighted by Crippen LogP contribution is -2.42. The Morgan fingerprint density at radius 3 is 2.23 bits per heavy atom. The van der Waals surface area contributed by atoms with Crippen molar-refractivity contribution in [2.75, 3.05) is 16.8 Å². The summed E-state index contributed by atoms with van der Waals surface area (Å²) in [6.45, 7) is 7.47. The largest absolute Gasteiger partial charge is 0.351 e. The number of carbonyl (C=O) groups is 3. The number of rotatable bonds is 7. The number of nitrogens with zero attached hydrogens (tertiary/aromatic N) is 1. The molecule has 182 valence electrons. The summed E-state index contributed by atoms with van der Waals surface area (Å²) in [7, 11) is 0. The van der Waals surface area contributed by atoms with E-state index in [9.17, 15) is 14.4 Å². The van der Waals surface area contributed by atoms with Crippen LogP contribution in [0, 0.1) is 6.92 Å². The molecule has 4 amide bonds. The van der Waals surface area contributed by atoms with Crippen LogP contribution in [0.5, 0.6) is 0 Å². The molecule has 0 atom stereocenters. The number of urea groups is 1. The zero-order chi connectivity index (χ0) is 25.4. The van der Waals surface area contributed by atoms with Crippen LogP contribution in [-0.2, 0) is 16.0 Å². The molecule has 0 aliphatic carbocycles. The average Bonchev–Trinajstić information content (AvgIpc) is 2.78. The number of para-hydroxylation sites is 2. The number of carbonyl (C=O) groups excluding carboxylic acids is 3. The molecular formula is C28H32N4O3. The predicted octanol–water partition coefficient (Wildman–Crippen LogP) is 4.94. The number of amides is 4. The summed E-state index contributed by atoms with van der Waals surface area (Å²) >= 11 is 0. The maximum atomic E-state index is 13.4. The first-order chi connectivity index (χ1) is 16.6. The molecule has 0 aromatic heterocycles. The van der Waals surface area contributed by atoms with E-state index in [1.165, 1.54) is 4.90 Å². The van der Waals surface area contributed by atoms with E-state index in [0.717, 1.165) is 5.56 Å². The minimum atomic E-state index is -0.477. The van der Waals surface area contributed by atoms with Crippen LogP contribution in [0.1, 0.15) is 31.9 Å². The topological polar surface area (TPSA) is 90.5 Å². The summed E-state index contributed by atoms with van der Waals surface area (Å²) in [5.41, 5.74) is 3.23. The van der Waals surface area contributed by atoms with Gasteiger partial charge in [-0.2, -0.15) is 0 Å². The first-order valence-electron chi connectivity index (χ1n) is 11.5. The monoisotopic (exact) mass is 472 g/mol. The van der Waals surface area contributed by atoms with E-state index in [0.29, 0.717) is 22.6 Å². The third kappa shape index (κ3) is 7.71. The fourth-order valence-electron chi connectivity index (χ4n) is 3.64. The molecule has 3 aromatic rings. The van der Waals surface area contributed by atoms with Gasteiger partial charge in [-0.25, -0.2) is 4.79 Å². The molecule has 0 bridgehead atoms. The first-order valence-corrected chi connectivity index (χ1v) is 11.5. The van der Waals surface area contributed by atoms with Crippen molar-refractivity contribution in [3.05, 3.63) is 90.0 Å². The minimum absolute atomic E-state index is 0.116. The van der Waals surface area contributed by atoms with Crippen LogP contribution in [0.15, 0.2) is 78.9 Å². The Labute approximate surface area is 206 Å². The van der Waals surface area contributed by atoms with E-state index < -0.39 is 6.03 Å². The van der Waals surface area contributed by atoms with Crippen LogP contribution in [0.25, 0.3) is 0 Å². The standard InChI is InChI=1S/C28H32N4O3/c1-20-11-10-13-22(17-20)30-27(35)29-19-26(34)32(23-14-6-5-7-15-23)24-16-9-8-12-21(24)18-25(33)31-28(2,3)4/h5-17H,18-19H2,1-4H3,(H,31,33)(H2,29,30,35). The van der Waals surface area contributed by atoms with E-state index in [-0.39, 0.29) is 30.3 Å². The van der Waals surface area contributed by atoms with Crippen molar-refractivity contribution >= 4 is 34.9 Å². The maximum Gasteiger partial charge on any atom is 0.319 e. The lowest BCUT2D eigenvalue weighted by Gasteiger charge is -2.26. The Morgan fingerprint density at radius 2 is 1.54 bits per heavy atom. The molecule has 0 aliphatic heterocycles. The van der Waals surface area contributed by atoms with Crippen molar-refractivity contribution in [2.24, 2.45) is 0 Å². The summed E-state index contributed by atoms with van der Waals surface area (Å²) in [5.74, 6) is -0.472. The third-order valence-corrected chi connectivity index (χ3v) is 5.04. The molecule has 35 heavy (non-hydrogen) atoms. The zero-order valence-electron chi connectivity index (χ0n) is 20.6. The van der Waals surface area contributed by atoms with E-state index in [1.807, 2.05) is 94.4 Å². The molecule has 3 N–H and O–H groups in total. The Balaban J connectivity index is 1.81. The van der Waals surface area contributed by atoms with Crippen LogP contribution in [0.2, 0.25) is 0 Å². The van der Waals surface area contributed by atoms with E-state index >= 15 is 0 Å². The maximum absolute atomic E-state index is 13.4. The van der Waals surface area contributed by atoms with Crippen LogP contribution in [0.4, 0.5) is 21.9 Å². The fraction of sp³-hybridized carbons (Fsp3) is 0.250. The van der Waals surface area contributed by atoms with Crippen molar-refractivity contribution in [1.82, 2.24) is 10.6 Å². The summed E-state index contributed by atoms with van der Waals surface area (Å²) in [5, 5.41) is 8.35. The van der Waals surface area contributed by atoms with Gasteiger partial charge >= 0.3 is 6.03 Å². The zero-order valence-corrected chi connectivity index (χ0v) is 20.6. The molecular weight excluding hydrogens is 440 g/mol. The number of nitrogens with one attached hydrogen (secondary N) is 3. The summed E-state index contributed by atoms with van der Waals surface area (Å²) in [4.78, 5) is 40.0. The van der Waals surface area contributed by atoms with Gasteiger partial charge in [0.2, 0.25) is 5.91 Å². The third-order valence-electron chi connectivity index (χ3n) is 5.04. The SMILES string of the molecule is Cc1cccc(NC(=O)NCC(=O)N(c2ccccc2)c2ccccc2CC(=O)NC(C)(C)C)c1. The van der Waals surface area contributed by atoms with Crippen molar-refractivity contribution in [1.29, 1.82) is 0 Å². The molecule has 0 aliphatic rings. The second kappa shape index (κ2) is 11.3. The molecule has 3 aromatic carbocycles. The summed E-state index contributed by atoms with van der Waals surface area (Å²) in [6, 6.07) is 23.4. The second-order valence-corrected chi connectivity index (χ2v) is 9.35. The Bertz CT molecular complexity index is 1190. The van der Waals surface area contributed by atoms with Crippen molar-refractivity contribution < 1.29 is 14.4 Å². The van der Waals surface area contributed by atoms with Crippen LogP contribution >= 0.6 is 0 Å². The van der Waals surface area contributed by atoms with Gasteiger partial charge in [0.1, 0.15) is 0 Å². The quantitative estimate of drug-likeness (QED) is 0.455. The molecule has 0 heterocycles. The predicted molar refractivity (Wildman–Crippen MR) is 140 cm³/mol. The fourth-order valence-corrected chi connectivity index (χ4v) is 3.64. The van der Waals surface area contributed by atoms with Gasteiger partial charge in [-0.1, -0.05) is 48.5 Å². The highest BCUT2D eigenvalue weighted by Crippen LogP contribution is 2.29. The second-order valence-electron chi connectivity index (χ2n) is 9.35. The van der Waals surface area contributed by atoms with Crippen molar-refractivity contribution in [2.45, 2.75) is 39.7 Å². The van der Waals surface area contributed by atoms with Crippen LogP contribution < -0.4 is 20.9 Å². The first kappa shape index (κ1) is 25.5.